The summed E-state index contributed by atoms with van der Waals surface area (Å²) < 4.78 is 0. The Morgan fingerprint density at radius 1 is 1.17 bits per heavy atom. The largest absolute Gasteiger partial charge is 0.306 e. The van der Waals surface area contributed by atoms with Crippen LogP contribution in [0, 0.1) is 0 Å². The Balaban J connectivity index is 2.28. The smallest absolute Gasteiger partial charge is 0.260 e. The molecule has 0 amide bonds. The highest BCUT2D eigenvalue weighted by Crippen LogP contribution is 2.19. The third kappa shape index (κ3) is 1.87. The molecule has 0 saturated heterocycles. The van der Waals surface area contributed by atoms with Crippen LogP contribution in [-0.2, 0) is 0 Å². The second-order valence-corrected chi connectivity index (χ2v) is 4.24. The Labute approximate surface area is 107 Å². The molecule has 5 heteroatoms. The maximum Gasteiger partial charge on any atom is 0.260 e. The number of aromatic amines is 1. The summed E-state index contributed by atoms with van der Waals surface area (Å²) in [5, 5.41) is 1.07. The molecule has 88 valence electrons. The number of nitrogens with zero attached hydrogens (tertiary/aromatic N) is 2. The van der Waals surface area contributed by atoms with Gasteiger partial charge in [-0.3, -0.25) is 4.79 Å². The predicted molar refractivity (Wildman–Crippen MR) is 70.6 cm³/mol. The predicted octanol–water partition coefficient (Wildman–Crippen LogP) is 2.64. The van der Waals surface area contributed by atoms with Crippen LogP contribution >= 0.6 is 11.6 Å². The number of nitrogens with one attached hydrogen (secondary N) is 1. The molecule has 2 heterocycles. The molecule has 0 spiro atoms. The summed E-state index contributed by atoms with van der Waals surface area (Å²) in [5.41, 5.74) is 0.978. The number of H-pyrrole nitrogens is 1. The Kier molecular flexibility index (Phi) is 2.57. The van der Waals surface area contributed by atoms with Crippen molar-refractivity contribution in [3.8, 4) is 11.4 Å². The number of rotatable bonds is 1. The third-order valence-corrected chi connectivity index (χ3v) is 2.81. The first-order valence-corrected chi connectivity index (χ1v) is 5.73. The molecule has 2 aromatic heterocycles. The molecule has 0 fully saturated rings. The Morgan fingerprint density at radius 3 is 2.89 bits per heavy atom. The molecular weight excluding hydrogens is 250 g/mol. The lowest BCUT2D eigenvalue weighted by molar-refractivity contribution is 1.15. The van der Waals surface area contributed by atoms with Gasteiger partial charge in [0.2, 0.25) is 0 Å². The monoisotopic (exact) mass is 257 g/mol. The van der Waals surface area contributed by atoms with Crippen molar-refractivity contribution in [1.29, 1.82) is 0 Å². The van der Waals surface area contributed by atoms with E-state index in [2.05, 4.69) is 15.0 Å². The first-order valence-electron chi connectivity index (χ1n) is 5.35. The molecule has 18 heavy (non-hydrogen) atoms. The van der Waals surface area contributed by atoms with Gasteiger partial charge in [-0.2, -0.15) is 0 Å². The lowest BCUT2D eigenvalue weighted by Crippen LogP contribution is -2.10. The minimum Gasteiger partial charge on any atom is -0.306 e. The third-order valence-electron chi connectivity index (χ3n) is 2.58. The number of pyridine rings is 1. The molecule has 0 saturated carbocycles. The lowest BCUT2D eigenvalue weighted by atomic mass is 10.2. The molecule has 3 aromatic rings. The molecule has 0 radical (unpaired) electrons. The Bertz CT molecular complexity index is 782. The van der Waals surface area contributed by atoms with Crippen LogP contribution in [0.15, 0.2) is 47.4 Å². The van der Waals surface area contributed by atoms with Crippen molar-refractivity contribution >= 4 is 22.6 Å². The Morgan fingerprint density at radius 2 is 2.06 bits per heavy atom. The van der Waals surface area contributed by atoms with Crippen LogP contribution in [0.1, 0.15) is 0 Å². The highest BCUT2D eigenvalue weighted by molar-refractivity contribution is 6.30. The van der Waals surface area contributed by atoms with Gasteiger partial charge in [-0.15, -0.1) is 0 Å². The normalized spacial score (nSPS) is 10.7. The van der Waals surface area contributed by atoms with E-state index < -0.39 is 0 Å². The van der Waals surface area contributed by atoms with Gasteiger partial charge in [-0.1, -0.05) is 23.7 Å². The number of fused-ring (bicyclic) bond motifs is 1. The van der Waals surface area contributed by atoms with E-state index in [1.807, 2.05) is 6.07 Å². The minimum absolute atomic E-state index is 0.205. The number of hydrogen-bond acceptors (Lipinski definition) is 3. The minimum atomic E-state index is -0.205. The van der Waals surface area contributed by atoms with E-state index in [1.54, 1.807) is 36.5 Å². The van der Waals surface area contributed by atoms with Gasteiger partial charge >= 0.3 is 0 Å². The van der Waals surface area contributed by atoms with Crippen LogP contribution in [0.4, 0.5) is 0 Å². The van der Waals surface area contributed by atoms with Gasteiger partial charge in [0, 0.05) is 16.8 Å². The summed E-state index contributed by atoms with van der Waals surface area (Å²) in [6.07, 6.45) is 1.61. The average Bonchev–Trinajstić information content (AvgIpc) is 2.39. The fourth-order valence-electron chi connectivity index (χ4n) is 1.74. The summed E-state index contributed by atoms with van der Waals surface area (Å²) in [6, 6.07) is 10.5. The SMILES string of the molecule is O=c1[nH]c(-c2cccc(Cl)c2)nc2ncccc12. The fraction of sp³-hybridized carbons (Fsp3) is 0. The van der Waals surface area contributed by atoms with Crippen LogP contribution in [0.5, 0.6) is 0 Å². The van der Waals surface area contributed by atoms with E-state index in [1.165, 1.54) is 0 Å². The summed E-state index contributed by atoms with van der Waals surface area (Å²) >= 11 is 5.92. The van der Waals surface area contributed by atoms with E-state index in [-0.39, 0.29) is 5.56 Å². The molecule has 0 atom stereocenters. The maximum atomic E-state index is 11.9. The van der Waals surface area contributed by atoms with E-state index in [0.29, 0.717) is 21.9 Å². The van der Waals surface area contributed by atoms with Gasteiger partial charge in [0.1, 0.15) is 5.82 Å². The quantitative estimate of drug-likeness (QED) is 0.729. The molecule has 0 aliphatic heterocycles. The van der Waals surface area contributed by atoms with Crippen LogP contribution in [-0.4, -0.2) is 15.0 Å². The summed E-state index contributed by atoms with van der Waals surface area (Å²) in [7, 11) is 0. The van der Waals surface area contributed by atoms with E-state index in [9.17, 15) is 4.79 Å². The summed E-state index contributed by atoms with van der Waals surface area (Å²) in [4.78, 5) is 23.0. The Hall–Kier alpha value is -2.20. The summed E-state index contributed by atoms with van der Waals surface area (Å²) in [5.74, 6) is 0.466. The number of aromatic nitrogens is 3. The molecule has 1 aromatic carbocycles. The second-order valence-electron chi connectivity index (χ2n) is 3.80. The molecule has 0 unspecified atom stereocenters. The van der Waals surface area contributed by atoms with Crippen molar-refractivity contribution in [2.45, 2.75) is 0 Å². The topological polar surface area (TPSA) is 58.6 Å². The maximum absolute atomic E-state index is 11.9. The highest BCUT2D eigenvalue weighted by atomic mass is 35.5. The molecular formula is C13H8ClN3O. The van der Waals surface area contributed by atoms with Crippen molar-refractivity contribution < 1.29 is 0 Å². The zero-order valence-electron chi connectivity index (χ0n) is 9.22. The average molecular weight is 258 g/mol. The molecule has 0 bridgehead atoms. The van der Waals surface area contributed by atoms with Gasteiger partial charge in [0.05, 0.1) is 5.39 Å². The van der Waals surface area contributed by atoms with E-state index in [0.717, 1.165) is 5.56 Å². The zero-order valence-corrected chi connectivity index (χ0v) is 9.98. The summed E-state index contributed by atoms with van der Waals surface area (Å²) in [6.45, 7) is 0. The van der Waals surface area contributed by atoms with Crippen LogP contribution in [0.2, 0.25) is 5.02 Å². The van der Waals surface area contributed by atoms with Crippen LogP contribution in [0.25, 0.3) is 22.4 Å². The first-order chi connectivity index (χ1) is 8.74. The van der Waals surface area contributed by atoms with Crippen LogP contribution in [0.3, 0.4) is 0 Å². The fourth-order valence-corrected chi connectivity index (χ4v) is 1.93. The second kappa shape index (κ2) is 4.23. The molecule has 0 aliphatic carbocycles. The van der Waals surface area contributed by atoms with Gasteiger partial charge in [0.25, 0.3) is 5.56 Å². The number of benzene rings is 1. The van der Waals surface area contributed by atoms with E-state index >= 15 is 0 Å². The highest BCUT2D eigenvalue weighted by Gasteiger charge is 2.06. The molecule has 1 N–H and O–H groups in total. The standard InChI is InChI=1S/C13H8ClN3O/c14-9-4-1-3-8(7-9)11-16-12-10(13(18)17-11)5-2-6-15-12/h1-7H,(H,15,16,17,18). The first kappa shape index (κ1) is 10.9. The molecule has 0 aliphatic rings. The molecule has 4 nitrogen and oxygen atoms in total. The number of hydrogen-bond donors (Lipinski definition) is 1. The van der Waals surface area contributed by atoms with Crippen molar-refractivity contribution in [3.05, 3.63) is 58.0 Å². The van der Waals surface area contributed by atoms with Gasteiger partial charge in [0.15, 0.2) is 5.65 Å². The van der Waals surface area contributed by atoms with E-state index in [4.69, 9.17) is 11.6 Å². The van der Waals surface area contributed by atoms with Gasteiger partial charge in [-0.05, 0) is 24.3 Å². The van der Waals surface area contributed by atoms with Crippen LogP contribution < -0.4 is 5.56 Å². The van der Waals surface area contributed by atoms with Crippen molar-refractivity contribution in [2.75, 3.05) is 0 Å². The van der Waals surface area contributed by atoms with Gasteiger partial charge in [-0.25, -0.2) is 9.97 Å². The van der Waals surface area contributed by atoms with Gasteiger partial charge < -0.3 is 4.98 Å². The lowest BCUT2D eigenvalue weighted by Gasteiger charge is -2.02. The van der Waals surface area contributed by atoms with Crippen molar-refractivity contribution in [1.82, 2.24) is 15.0 Å². The number of halogens is 1. The zero-order chi connectivity index (χ0) is 12.5. The van der Waals surface area contributed by atoms with Crippen molar-refractivity contribution in [3.63, 3.8) is 0 Å². The van der Waals surface area contributed by atoms with Crippen molar-refractivity contribution in [2.24, 2.45) is 0 Å². The molecule has 3 rings (SSSR count).